The fourth-order valence-electron chi connectivity index (χ4n) is 3.07. The minimum absolute atomic E-state index is 0.624. The molecule has 0 aliphatic carbocycles. The number of piperazine rings is 1. The summed E-state index contributed by atoms with van der Waals surface area (Å²) >= 11 is 0. The lowest BCUT2D eigenvalue weighted by atomic mass is 9.96. The molecule has 3 heterocycles. The Labute approximate surface area is 120 Å². The van der Waals surface area contributed by atoms with Gasteiger partial charge in [-0.05, 0) is 18.1 Å². The number of aromatic nitrogens is 2. The van der Waals surface area contributed by atoms with Crippen LogP contribution in [0, 0.1) is 5.92 Å². The topological polar surface area (TPSA) is 32.6 Å². The lowest BCUT2D eigenvalue weighted by molar-refractivity contribution is 0.108. The van der Waals surface area contributed by atoms with E-state index >= 15 is 0 Å². The first-order valence-corrected chi connectivity index (χ1v) is 7.65. The van der Waals surface area contributed by atoms with Crippen LogP contribution in [0.2, 0.25) is 0 Å². The van der Waals surface area contributed by atoms with Crippen molar-refractivity contribution in [3.8, 4) is 0 Å². The first-order chi connectivity index (χ1) is 9.78. The zero-order valence-corrected chi connectivity index (χ0v) is 12.4. The predicted molar refractivity (Wildman–Crippen MR) is 81.7 cm³/mol. The van der Waals surface area contributed by atoms with Crippen LogP contribution in [0.5, 0.6) is 0 Å². The second-order valence-corrected chi connectivity index (χ2v) is 5.83. The van der Waals surface area contributed by atoms with E-state index in [-0.39, 0.29) is 0 Å². The third-order valence-corrected chi connectivity index (χ3v) is 4.48. The first kappa shape index (κ1) is 13.6. The minimum atomic E-state index is 0.624. The largest absolute Gasteiger partial charge is 0.314 e. The first-order valence-electron chi connectivity index (χ1n) is 7.65. The van der Waals surface area contributed by atoms with Crippen molar-refractivity contribution in [2.24, 2.45) is 5.92 Å². The molecule has 2 aromatic heterocycles. The Morgan fingerprint density at radius 1 is 1.45 bits per heavy atom. The fraction of sp³-hybridized carbons (Fsp3) is 0.562. The monoisotopic (exact) mass is 272 g/mol. The summed E-state index contributed by atoms with van der Waals surface area (Å²) in [5, 5.41) is 3.53. The van der Waals surface area contributed by atoms with Crippen molar-refractivity contribution in [3.63, 3.8) is 0 Å². The van der Waals surface area contributed by atoms with Crippen LogP contribution in [0.15, 0.2) is 30.6 Å². The third-order valence-electron chi connectivity index (χ3n) is 4.48. The highest BCUT2D eigenvalue weighted by Crippen LogP contribution is 2.19. The van der Waals surface area contributed by atoms with Crippen molar-refractivity contribution >= 4 is 5.65 Å². The molecular weight excluding hydrogens is 248 g/mol. The van der Waals surface area contributed by atoms with Gasteiger partial charge in [0.05, 0.1) is 5.69 Å². The maximum Gasteiger partial charge on any atom is 0.137 e. The van der Waals surface area contributed by atoms with Crippen molar-refractivity contribution in [3.05, 3.63) is 36.3 Å². The summed E-state index contributed by atoms with van der Waals surface area (Å²) in [6.07, 6.45) is 5.45. The summed E-state index contributed by atoms with van der Waals surface area (Å²) in [6.45, 7) is 8.89. The third kappa shape index (κ3) is 2.72. The molecule has 0 saturated carbocycles. The Balaban J connectivity index is 1.77. The second kappa shape index (κ2) is 5.94. The molecule has 1 saturated heterocycles. The fourth-order valence-corrected chi connectivity index (χ4v) is 3.07. The van der Waals surface area contributed by atoms with Crippen LogP contribution in [0.3, 0.4) is 0 Å². The number of nitrogens with one attached hydrogen (secondary N) is 1. The summed E-state index contributed by atoms with van der Waals surface area (Å²) < 4.78 is 2.11. The Hall–Kier alpha value is -1.39. The summed E-state index contributed by atoms with van der Waals surface area (Å²) in [5.74, 6) is 0.722. The number of fused-ring (bicyclic) bond motifs is 1. The van der Waals surface area contributed by atoms with Gasteiger partial charge in [-0.15, -0.1) is 0 Å². The molecule has 0 aromatic carbocycles. The van der Waals surface area contributed by atoms with Crippen LogP contribution in [-0.4, -0.2) is 40.0 Å². The van der Waals surface area contributed by atoms with Gasteiger partial charge in [-0.1, -0.05) is 26.3 Å². The summed E-state index contributed by atoms with van der Waals surface area (Å²) in [5.41, 5.74) is 2.21. The molecule has 3 rings (SSSR count). The molecule has 108 valence electrons. The van der Waals surface area contributed by atoms with E-state index in [4.69, 9.17) is 4.98 Å². The molecule has 1 fully saturated rings. The normalized spacial score (nSPS) is 22.2. The minimum Gasteiger partial charge on any atom is -0.314 e. The number of pyridine rings is 1. The molecule has 2 aromatic rings. The van der Waals surface area contributed by atoms with Crippen molar-refractivity contribution in [1.82, 2.24) is 19.6 Å². The van der Waals surface area contributed by atoms with Crippen LogP contribution in [0.1, 0.15) is 26.0 Å². The Kier molecular flexibility index (Phi) is 4.03. The molecule has 20 heavy (non-hydrogen) atoms. The van der Waals surface area contributed by atoms with E-state index in [0.717, 1.165) is 37.7 Å². The molecule has 4 nitrogen and oxygen atoms in total. The van der Waals surface area contributed by atoms with Gasteiger partial charge in [-0.2, -0.15) is 0 Å². The van der Waals surface area contributed by atoms with Gasteiger partial charge >= 0.3 is 0 Å². The SMILES string of the molecule is CCC(C)C1CNCCN1Cc1cn2ccccc2n1. The lowest BCUT2D eigenvalue weighted by Crippen LogP contribution is -2.53. The Bertz CT molecular complexity index is 529. The zero-order valence-electron chi connectivity index (χ0n) is 12.4. The molecule has 0 spiro atoms. The molecule has 1 aliphatic rings. The van der Waals surface area contributed by atoms with Crippen molar-refractivity contribution in [2.75, 3.05) is 19.6 Å². The van der Waals surface area contributed by atoms with Crippen LogP contribution >= 0.6 is 0 Å². The smallest absolute Gasteiger partial charge is 0.137 e. The molecule has 2 atom stereocenters. The standard InChI is InChI=1S/C16H24N4/c1-3-13(2)15-10-17-7-9-19(15)11-14-12-20-8-5-4-6-16(20)18-14/h4-6,8,12-13,15,17H,3,7,9-11H2,1-2H3. The van der Waals surface area contributed by atoms with E-state index < -0.39 is 0 Å². The molecule has 0 radical (unpaired) electrons. The van der Waals surface area contributed by atoms with Crippen molar-refractivity contribution in [2.45, 2.75) is 32.9 Å². The molecule has 1 aliphatic heterocycles. The van der Waals surface area contributed by atoms with Crippen LogP contribution in [0.25, 0.3) is 5.65 Å². The Morgan fingerprint density at radius 2 is 2.35 bits per heavy atom. The van der Waals surface area contributed by atoms with E-state index in [1.165, 1.54) is 12.1 Å². The van der Waals surface area contributed by atoms with Crippen LogP contribution < -0.4 is 5.32 Å². The van der Waals surface area contributed by atoms with E-state index in [1.807, 2.05) is 12.1 Å². The van der Waals surface area contributed by atoms with Gasteiger partial charge in [-0.25, -0.2) is 4.98 Å². The predicted octanol–water partition coefficient (Wildman–Crippen LogP) is 2.15. The molecule has 2 unspecified atom stereocenters. The van der Waals surface area contributed by atoms with Gasteiger partial charge in [0.1, 0.15) is 5.65 Å². The number of hydrogen-bond acceptors (Lipinski definition) is 3. The van der Waals surface area contributed by atoms with Gasteiger partial charge in [0.2, 0.25) is 0 Å². The average Bonchev–Trinajstić information content (AvgIpc) is 2.89. The lowest BCUT2D eigenvalue weighted by Gasteiger charge is -2.39. The van der Waals surface area contributed by atoms with E-state index in [0.29, 0.717) is 6.04 Å². The van der Waals surface area contributed by atoms with Crippen LogP contribution in [-0.2, 0) is 6.54 Å². The number of rotatable bonds is 4. The Morgan fingerprint density at radius 3 is 3.15 bits per heavy atom. The molecule has 0 bridgehead atoms. The highest BCUT2D eigenvalue weighted by Gasteiger charge is 2.26. The summed E-state index contributed by atoms with van der Waals surface area (Å²) in [4.78, 5) is 7.32. The number of nitrogens with zero attached hydrogens (tertiary/aromatic N) is 3. The maximum absolute atomic E-state index is 4.73. The second-order valence-electron chi connectivity index (χ2n) is 5.83. The average molecular weight is 272 g/mol. The summed E-state index contributed by atoms with van der Waals surface area (Å²) in [7, 11) is 0. The molecule has 4 heteroatoms. The molecular formula is C16H24N4. The zero-order chi connectivity index (χ0) is 13.9. The van der Waals surface area contributed by atoms with Crippen molar-refractivity contribution < 1.29 is 0 Å². The van der Waals surface area contributed by atoms with Gasteiger partial charge in [0.25, 0.3) is 0 Å². The molecule has 0 amide bonds. The van der Waals surface area contributed by atoms with Gasteiger partial charge < -0.3 is 9.72 Å². The van der Waals surface area contributed by atoms with Gasteiger partial charge in [-0.3, -0.25) is 4.90 Å². The molecule has 1 N–H and O–H groups in total. The summed E-state index contributed by atoms with van der Waals surface area (Å²) in [6, 6.07) is 6.77. The highest BCUT2D eigenvalue weighted by molar-refractivity contribution is 5.39. The van der Waals surface area contributed by atoms with E-state index in [9.17, 15) is 0 Å². The quantitative estimate of drug-likeness (QED) is 0.925. The number of imidazole rings is 1. The van der Waals surface area contributed by atoms with Gasteiger partial charge in [0.15, 0.2) is 0 Å². The number of hydrogen-bond donors (Lipinski definition) is 1. The van der Waals surface area contributed by atoms with E-state index in [1.54, 1.807) is 0 Å². The van der Waals surface area contributed by atoms with Crippen LogP contribution in [0.4, 0.5) is 0 Å². The van der Waals surface area contributed by atoms with E-state index in [2.05, 4.69) is 46.9 Å². The van der Waals surface area contributed by atoms with Crippen molar-refractivity contribution in [1.29, 1.82) is 0 Å². The highest BCUT2D eigenvalue weighted by atomic mass is 15.2. The maximum atomic E-state index is 4.73. The van der Waals surface area contributed by atoms with Gasteiger partial charge in [0, 0.05) is 44.6 Å².